The van der Waals surface area contributed by atoms with Crippen LogP contribution in [0.2, 0.25) is 0 Å². The molecule has 0 saturated heterocycles. The first-order valence-corrected chi connectivity index (χ1v) is 6.21. The van der Waals surface area contributed by atoms with Gasteiger partial charge in [-0.3, -0.25) is 14.3 Å². The fourth-order valence-electron chi connectivity index (χ4n) is 2.27. The van der Waals surface area contributed by atoms with Crippen molar-refractivity contribution >= 4 is 16.6 Å². The quantitative estimate of drug-likeness (QED) is 0.687. The Morgan fingerprint density at radius 2 is 1.85 bits per heavy atom. The van der Waals surface area contributed by atoms with Crippen LogP contribution in [0.15, 0.2) is 58.1 Å². The van der Waals surface area contributed by atoms with E-state index in [9.17, 15) is 9.59 Å². The van der Waals surface area contributed by atoms with Gasteiger partial charge in [0.05, 0.1) is 17.4 Å². The Morgan fingerprint density at radius 3 is 2.65 bits per heavy atom. The predicted octanol–water partition coefficient (Wildman–Crippen LogP) is 1.32. The van der Waals surface area contributed by atoms with Crippen LogP contribution in [0, 0.1) is 0 Å². The molecule has 3 N–H and O–H groups in total. The molecule has 0 aliphatic heterocycles. The fourth-order valence-corrected chi connectivity index (χ4v) is 2.27. The maximum Gasteiger partial charge on any atom is 0.329 e. The number of fused-ring (bicyclic) bond motifs is 1. The van der Waals surface area contributed by atoms with E-state index < -0.39 is 5.69 Å². The lowest BCUT2D eigenvalue weighted by Gasteiger charge is -2.09. The number of aromatic amines is 1. The first-order chi connectivity index (χ1) is 9.65. The van der Waals surface area contributed by atoms with Crippen molar-refractivity contribution in [2.45, 2.75) is 6.54 Å². The number of hydrogen-bond acceptors (Lipinski definition) is 3. The molecule has 0 amide bonds. The molecule has 100 valence electrons. The molecule has 2 aromatic carbocycles. The Hall–Kier alpha value is -2.82. The zero-order valence-corrected chi connectivity index (χ0v) is 10.7. The van der Waals surface area contributed by atoms with Crippen LogP contribution in [-0.2, 0) is 6.54 Å². The van der Waals surface area contributed by atoms with Crippen molar-refractivity contribution in [3.63, 3.8) is 0 Å². The number of para-hydroxylation sites is 1. The van der Waals surface area contributed by atoms with E-state index in [-0.39, 0.29) is 5.56 Å². The highest BCUT2D eigenvalue weighted by Crippen LogP contribution is 2.11. The van der Waals surface area contributed by atoms with Crippen LogP contribution in [0.25, 0.3) is 10.9 Å². The molecule has 5 nitrogen and oxygen atoms in total. The SMILES string of the molecule is Nc1cccc(Cn2c(=O)[nH]c(=O)c3ccccc32)c1. The molecule has 1 heterocycles. The number of nitrogens with one attached hydrogen (secondary N) is 1. The summed E-state index contributed by atoms with van der Waals surface area (Å²) in [5.74, 6) is 0. The van der Waals surface area contributed by atoms with E-state index in [4.69, 9.17) is 5.73 Å². The maximum absolute atomic E-state index is 12.0. The lowest BCUT2D eigenvalue weighted by molar-refractivity contribution is 0.756. The van der Waals surface area contributed by atoms with Crippen LogP contribution in [0.3, 0.4) is 0 Å². The minimum atomic E-state index is -0.420. The lowest BCUT2D eigenvalue weighted by Crippen LogP contribution is -2.30. The summed E-state index contributed by atoms with van der Waals surface area (Å²) in [7, 11) is 0. The first-order valence-electron chi connectivity index (χ1n) is 6.21. The number of H-pyrrole nitrogens is 1. The number of nitrogens with two attached hydrogens (primary N) is 1. The summed E-state index contributed by atoms with van der Waals surface area (Å²) in [4.78, 5) is 26.1. The molecular formula is C15H13N3O2. The molecule has 0 atom stereocenters. The van der Waals surface area contributed by atoms with E-state index >= 15 is 0 Å². The summed E-state index contributed by atoms with van der Waals surface area (Å²) in [6.45, 7) is 0.362. The number of nitrogen functional groups attached to an aromatic ring is 1. The average molecular weight is 267 g/mol. The minimum Gasteiger partial charge on any atom is -0.399 e. The standard InChI is InChI=1S/C15H13N3O2/c16-11-5-3-4-10(8-11)9-18-13-7-2-1-6-12(13)14(19)17-15(18)20/h1-8H,9,16H2,(H,17,19,20). The number of anilines is 1. The number of nitrogens with zero attached hydrogens (tertiary/aromatic N) is 1. The lowest BCUT2D eigenvalue weighted by atomic mass is 10.2. The minimum absolute atomic E-state index is 0.362. The summed E-state index contributed by atoms with van der Waals surface area (Å²) in [5.41, 5.74) is 7.12. The third kappa shape index (κ3) is 2.09. The van der Waals surface area contributed by atoms with Gasteiger partial charge in [0.1, 0.15) is 0 Å². The second kappa shape index (κ2) is 4.70. The van der Waals surface area contributed by atoms with Gasteiger partial charge in [0.25, 0.3) is 5.56 Å². The van der Waals surface area contributed by atoms with Crippen molar-refractivity contribution in [1.29, 1.82) is 0 Å². The van der Waals surface area contributed by atoms with Gasteiger partial charge < -0.3 is 5.73 Å². The van der Waals surface area contributed by atoms with Crippen LogP contribution in [0.1, 0.15) is 5.56 Å². The molecule has 3 aromatic rings. The number of aromatic nitrogens is 2. The van der Waals surface area contributed by atoms with E-state index in [0.717, 1.165) is 5.56 Å². The van der Waals surface area contributed by atoms with Crippen molar-refractivity contribution < 1.29 is 0 Å². The number of hydrogen-bond donors (Lipinski definition) is 2. The highest BCUT2D eigenvalue weighted by molar-refractivity contribution is 5.77. The molecule has 0 bridgehead atoms. The topological polar surface area (TPSA) is 80.9 Å². The third-order valence-electron chi connectivity index (χ3n) is 3.20. The molecule has 0 fully saturated rings. The molecule has 0 aliphatic carbocycles. The Labute approximate surface area is 114 Å². The highest BCUT2D eigenvalue weighted by Gasteiger charge is 2.07. The summed E-state index contributed by atoms with van der Waals surface area (Å²) in [5, 5.41) is 0.496. The molecule has 0 unspecified atom stereocenters. The van der Waals surface area contributed by atoms with Gasteiger partial charge in [0.2, 0.25) is 0 Å². The van der Waals surface area contributed by atoms with Crippen LogP contribution < -0.4 is 17.0 Å². The summed E-state index contributed by atoms with van der Waals surface area (Å²) >= 11 is 0. The van der Waals surface area contributed by atoms with Gasteiger partial charge in [-0.2, -0.15) is 0 Å². The van der Waals surface area contributed by atoms with E-state index in [0.29, 0.717) is 23.1 Å². The van der Waals surface area contributed by atoms with E-state index in [1.165, 1.54) is 4.57 Å². The zero-order chi connectivity index (χ0) is 14.1. The smallest absolute Gasteiger partial charge is 0.329 e. The molecule has 0 radical (unpaired) electrons. The van der Waals surface area contributed by atoms with Crippen LogP contribution in [0.5, 0.6) is 0 Å². The normalized spacial score (nSPS) is 10.8. The number of rotatable bonds is 2. The van der Waals surface area contributed by atoms with Crippen molar-refractivity contribution in [3.05, 3.63) is 74.9 Å². The Kier molecular flexibility index (Phi) is 2.87. The zero-order valence-electron chi connectivity index (χ0n) is 10.7. The van der Waals surface area contributed by atoms with Gasteiger partial charge >= 0.3 is 5.69 Å². The molecule has 5 heteroatoms. The third-order valence-corrected chi connectivity index (χ3v) is 3.20. The molecule has 3 rings (SSSR count). The molecular weight excluding hydrogens is 254 g/mol. The Balaban J connectivity index is 2.21. The van der Waals surface area contributed by atoms with E-state index in [1.54, 1.807) is 30.3 Å². The van der Waals surface area contributed by atoms with E-state index in [2.05, 4.69) is 4.98 Å². The summed E-state index contributed by atoms with van der Waals surface area (Å²) in [6.07, 6.45) is 0. The molecule has 0 aliphatic rings. The van der Waals surface area contributed by atoms with Gasteiger partial charge in [0.15, 0.2) is 0 Å². The second-order valence-electron chi connectivity index (χ2n) is 4.61. The van der Waals surface area contributed by atoms with E-state index in [1.807, 2.05) is 18.2 Å². The van der Waals surface area contributed by atoms with Crippen molar-refractivity contribution in [2.75, 3.05) is 5.73 Å². The van der Waals surface area contributed by atoms with Crippen molar-refractivity contribution in [2.24, 2.45) is 0 Å². The van der Waals surface area contributed by atoms with Gasteiger partial charge in [0, 0.05) is 5.69 Å². The maximum atomic E-state index is 12.0. The molecule has 20 heavy (non-hydrogen) atoms. The van der Waals surface area contributed by atoms with Crippen LogP contribution in [-0.4, -0.2) is 9.55 Å². The summed E-state index contributed by atoms with van der Waals surface area (Å²) < 4.78 is 1.53. The average Bonchev–Trinajstić information content (AvgIpc) is 2.43. The largest absolute Gasteiger partial charge is 0.399 e. The van der Waals surface area contributed by atoms with Crippen LogP contribution in [0.4, 0.5) is 5.69 Å². The molecule has 0 spiro atoms. The molecule has 0 saturated carbocycles. The van der Waals surface area contributed by atoms with Gasteiger partial charge in [-0.25, -0.2) is 4.79 Å². The Morgan fingerprint density at radius 1 is 1.05 bits per heavy atom. The Bertz CT molecular complexity index is 893. The summed E-state index contributed by atoms with van der Waals surface area (Å²) in [6, 6.07) is 14.4. The predicted molar refractivity (Wildman–Crippen MR) is 78.8 cm³/mol. The van der Waals surface area contributed by atoms with Crippen LogP contribution >= 0.6 is 0 Å². The van der Waals surface area contributed by atoms with Crippen molar-refractivity contribution in [1.82, 2.24) is 9.55 Å². The number of benzene rings is 2. The monoisotopic (exact) mass is 267 g/mol. The highest BCUT2D eigenvalue weighted by atomic mass is 16.2. The molecule has 1 aromatic heterocycles. The van der Waals surface area contributed by atoms with Gasteiger partial charge in [-0.15, -0.1) is 0 Å². The fraction of sp³-hybridized carbons (Fsp3) is 0.0667. The van der Waals surface area contributed by atoms with Gasteiger partial charge in [-0.1, -0.05) is 24.3 Å². The first kappa shape index (κ1) is 12.2. The second-order valence-corrected chi connectivity index (χ2v) is 4.61. The van der Waals surface area contributed by atoms with Gasteiger partial charge in [-0.05, 0) is 29.8 Å². The van der Waals surface area contributed by atoms with Crippen molar-refractivity contribution in [3.8, 4) is 0 Å².